The second-order valence-corrected chi connectivity index (χ2v) is 7.69. The monoisotopic (exact) mass is 487 g/mol. The van der Waals surface area contributed by atoms with Crippen LogP contribution >= 0.6 is 11.6 Å². The van der Waals surface area contributed by atoms with Crippen molar-refractivity contribution < 1.29 is 18.5 Å². The molecule has 0 spiro atoms. The number of imidazole rings is 1. The summed E-state index contributed by atoms with van der Waals surface area (Å²) in [5.74, 6) is -2.31. The summed E-state index contributed by atoms with van der Waals surface area (Å²) >= 11 is 5.87. The zero-order chi connectivity index (χ0) is 25.0. The maximum atomic E-state index is 14.3. The van der Waals surface area contributed by atoms with Crippen molar-refractivity contribution in [3.05, 3.63) is 80.5 Å². The Balaban J connectivity index is 0.00000103. The molecule has 1 amide bonds. The Hall–Kier alpha value is -3.92. The average Bonchev–Trinajstić information content (AvgIpc) is 3.19. The summed E-state index contributed by atoms with van der Waals surface area (Å²) in [4.78, 5) is 33.9. The van der Waals surface area contributed by atoms with Gasteiger partial charge < -0.3 is 10.3 Å². The number of aromatic amines is 1. The third-order valence-corrected chi connectivity index (χ3v) is 4.81. The Morgan fingerprint density at radius 1 is 1.15 bits per heavy atom. The maximum Gasteiger partial charge on any atom is 0.272 e. The predicted molar refractivity (Wildman–Crippen MR) is 126 cm³/mol. The van der Waals surface area contributed by atoms with E-state index in [0.29, 0.717) is 34.2 Å². The van der Waals surface area contributed by atoms with Crippen LogP contribution in [0.3, 0.4) is 0 Å². The molecule has 0 bridgehead atoms. The van der Waals surface area contributed by atoms with Gasteiger partial charge >= 0.3 is 0 Å². The molecule has 34 heavy (non-hydrogen) atoms. The van der Waals surface area contributed by atoms with Crippen molar-refractivity contribution in [3.8, 4) is 11.4 Å². The number of H-pyrrole nitrogens is 1. The number of fused-ring (bicyclic) bond motifs is 1. The van der Waals surface area contributed by atoms with Crippen molar-refractivity contribution in [2.75, 3.05) is 5.32 Å². The lowest BCUT2D eigenvalue weighted by atomic mass is 10.0. The number of nitro groups is 1. The third kappa shape index (κ3) is 5.34. The number of aromatic nitrogens is 3. The molecular weight excluding hydrogens is 468 g/mol. The van der Waals surface area contributed by atoms with Gasteiger partial charge in [-0.3, -0.25) is 14.9 Å². The van der Waals surface area contributed by atoms with Crippen molar-refractivity contribution >= 4 is 40.0 Å². The van der Waals surface area contributed by atoms with Crippen molar-refractivity contribution in [3.63, 3.8) is 0 Å². The van der Waals surface area contributed by atoms with E-state index in [1.165, 1.54) is 12.5 Å². The number of hydrogen-bond acceptors (Lipinski definition) is 5. The number of anilines is 1. The molecule has 2 heterocycles. The molecule has 4 rings (SSSR count). The van der Waals surface area contributed by atoms with Gasteiger partial charge in [0.25, 0.3) is 11.6 Å². The summed E-state index contributed by atoms with van der Waals surface area (Å²) in [6, 6.07) is 8.21. The molecule has 0 radical (unpaired) electrons. The first-order chi connectivity index (χ1) is 16.1. The van der Waals surface area contributed by atoms with Gasteiger partial charge in [0.1, 0.15) is 22.6 Å². The highest BCUT2D eigenvalue weighted by Crippen LogP contribution is 2.30. The van der Waals surface area contributed by atoms with E-state index in [9.17, 15) is 23.7 Å². The Kier molecular flexibility index (Phi) is 7.52. The van der Waals surface area contributed by atoms with E-state index in [1.54, 1.807) is 19.1 Å². The molecule has 0 fully saturated rings. The molecular formula is C23H20ClF2N5O3. The number of amides is 1. The number of non-ortho nitro benzene ring substituents is 1. The van der Waals surface area contributed by atoms with Crippen LogP contribution in [0.5, 0.6) is 0 Å². The van der Waals surface area contributed by atoms with Crippen molar-refractivity contribution in [1.82, 2.24) is 15.0 Å². The topological polar surface area (TPSA) is 114 Å². The fraction of sp³-hybridized carbons (Fsp3) is 0.174. The molecule has 0 aliphatic carbocycles. The van der Waals surface area contributed by atoms with Gasteiger partial charge in [-0.15, -0.1) is 0 Å². The maximum absolute atomic E-state index is 14.3. The Morgan fingerprint density at radius 2 is 1.85 bits per heavy atom. The minimum absolute atomic E-state index is 0.0872. The first kappa shape index (κ1) is 24.7. The van der Waals surface area contributed by atoms with Gasteiger partial charge in [-0.2, -0.15) is 0 Å². The smallest absolute Gasteiger partial charge is 0.272 e. The van der Waals surface area contributed by atoms with E-state index >= 15 is 0 Å². The fourth-order valence-corrected chi connectivity index (χ4v) is 3.19. The van der Waals surface area contributed by atoms with Crippen LogP contribution in [-0.4, -0.2) is 25.8 Å². The van der Waals surface area contributed by atoms with Crippen molar-refractivity contribution in [1.29, 1.82) is 0 Å². The molecule has 0 aliphatic heterocycles. The number of nitrogens with one attached hydrogen (secondary N) is 2. The normalized spacial score (nSPS) is 10.5. The molecule has 11 heteroatoms. The van der Waals surface area contributed by atoms with E-state index in [0.717, 1.165) is 18.2 Å². The minimum Gasteiger partial charge on any atom is -0.337 e. The Labute approximate surface area is 198 Å². The van der Waals surface area contributed by atoms with Gasteiger partial charge in [0.15, 0.2) is 5.65 Å². The highest BCUT2D eigenvalue weighted by atomic mass is 35.5. The fourth-order valence-electron chi connectivity index (χ4n) is 3.04. The first-order valence-electron chi connectivity index (χ1n) is 10.2. The van der Waals surface area contributed by atoms with Crippen molar-refractivity contribution in [2.45, 2.75) is 27.2 Å². The molecule has 176 valence electrons. The van der Waals surface area contributed by atoms with Crippen LogP contribution < -0.4 is 5.32 Å². The molecule has 2 aromatic carbocycles. The van der Waals surface area contributed by atoms with Gasteiger partial charge in [-0.1, -0.05) is 31.9 Å². The molecule has 0 atom stereocenters. The molecule has 4 aromatic rings. The lowest BCUT2D eigenvalue weighted by Crippen LogP contribution is -2.15. The lowest BCUT2D eigenvalue weighted by Gasteiger charge is -2.12. The van der Waals surface area contributed by atoms with Crippen LogP contribution in [0.2, 0.25) is 5.15 Å². The molecule has 0 saturated heterocycles. The first-order valence-corrected chi connectivity index (χ1v) is 10.6. The summed E-state index contributed by atoms with van der Waals surface area (Å²) in [5.41, 5.74) is 0.918. The number of benzene rings is 2. The van der Waals surface area contributed by atoms with Crippen LogP contribution in [0.1, 0.15) is 36.2 Å². The summed E-state index contributed by atoms with van der Waals surface area (Å²) in [6.45, 7) is 5.88. The van der Waals surface area contributed by atoms with E-state index < -0.39 is 33.7 Å². The summed E-state index contributed by atoms with van der Waals surface area (Å²) in [7, 11) is 0. The largest absolute Gasteiger partial charge is 0.337 e. The zero-order valence-corrected chi connectivity index (χ0v) is 19.2. The molecule has 0 saturated carbocycles. The molecule has 0 aliphatic rings. The van der Waals surface area contributed by atoms with E-state index in [2.05, 4.69) is 34.1 Å². The van der Waals surface area contributed by atoms with E-state index in [4.69, 9.17) is 11.6 Å². The SMILES string of the molecule is CCC.Cc1c(NC(=O)c2ccc([N+](=O)[O-])cc2F)cc(F)cc1-c1nc2nc(Cl)ccc2[nH]1. The van der Waals surface area contributed by atoms with Gasteiger partial charge in [-0.25, -0.2) is 18.7 Å². The van der Waals surface area contributed by atoms with Gasteiger partial charge in [0.2, 0.25) is 0 Å². The number of halogens is 3. The third-order valence-electron chi connectivity index (χ3n) is 4.60. The standard InChI is InChI=1S/C20H12ClF2N5O3.C3H8/c1-9-13(18-24-15-4-5-17(21)26-19(15)27-18)6-10(22)7-16(9)25-20(29)12-3-2-11(28(30)31)8-14(12)23;1-3-2/h2-8H,1H3,(H,25,29)(H,24,26,27);3H2,1-2H3. The zero-order valence-electron chi connectivity index (χ0n) is 18.4. The second kappa shape index (κ2) is 10.3. The highest BCUT2D eigenvalue weighted by molar-refractivity contribution is 6.29. The number of hydrogen-bond donors (Lipinski definition) is 2. The number of nitrogens with zero attached hydrogens (tertiary/aromatic N) is 3. The average molecular weight is 488 g/mol. The Bertz CT molecular complexity index is 1390. The number of rotatable bonds is 4. The van der Waals surface area contributed by atoms with Gasteiger partial charge in [0, 0.05) is 17.3 Å². The summed E-state index contributed by atoms with van der Waals surface area (Å²) in [5, 5.41) is 13.4. The van der Waals surface area contributed by atoms with Crippen LogP contribution in [0.15, 0.2) is 42.5 Å². The molecule has 8 nitrogen and oxygen atoms in total. The predicted octanol–water partition coefficient (Wildman–Crippen LogP) is 6.44. The lowest BCUT2D eigenvalue weighted by molar-refractivity contribution is -0.385. The van der Waals surface area contributed by atoms with Crippen LogP contribution in [0.25, 0.3) is 22.6 Å². The summed E-state index contributed by atoms with van der Waals surface area (Å²) in [6.07, 6.45) is 1.25. The second-order valence-electron chi connectivity index (χ2n) is 7.30. The molecule has 2 N–H and O–H groups in total. The van der Waals surface area contributed by atoms with Crippen LogP contribution in [0, 0.1) is 28.7 Å². The van der Waals surface area contributed by atoms with Gasteiger partial charge in [-0.05, 0) is 42.8 Å². The molecule has 2 aromatic heterocycles. The number of carbonyl (C=O) groups excluding carboxylic acids is 1. The van der Waals surface area contributed by atoms with Gasteiger partial charge in [0.05, 0.1) is 22.1 Å². The summed E-state index contributed by atoms with van der Waals surface area (Å²) < 4.78 is 28.5. The number of carbonyl (C=O) groups is 1. The minimum atomic E-state index is -1.07. The van der Waals surface area contributed by atoms with Crippen molar-refractivity contribution in [2.24, 2.45) is 0 Å². The van der Waals surface area contributed by atoms with Crippen LogP contribution in [-0.2, 0) is 0 Å². The number of nitro benzene ring substituents is 1. The Morgan fingerprint density at radius 3 is 2.50 bits per heavy atom. The van der Waals surface area contributed by atoms with Crippen LogP contribution in [0.4, 0.5) is 20.2 Å². The highest BCUT2D eigenvalue weighted by Gasteiger charge is 2.19. The quantitative estimate of drug-likeness (QED) is 0.195. The van der Waals surface area contributed by atoms with E-state index in [-0.39, 0.29) is 10.8 Å². The number of pyridine rings is 1. The van der Waals surface area contributed by atoms with E-state index in [1.807, 2.05) is 0 Å². The molecule has 0 unspecified atom stereocenters.